The van der Waals surface area contributed by atoms with Gasteiger partial charge in [0.25, 0.3) is 0 Å². The number of carbonyl (C=O) groups is 1. The molecule has 9 heteroatoms. The third-order valence-electron chi connectivity index (χ3n) is 6.42. The Bertz CT molecular complexity index is 728. The Balaban J connectivity index is 0.000000468. The molecule has 0 aromatic heterocycles. The molecule has 2 saturated carbocycles. The topological polar surface area (TPSA) is 115 Å². The van der Waals surface area contributed by atoms with E-state index < -0.39 is 7.82 Å². The van der Waals surface area contributed by atoms with E-state index in [0.29, 0.717) is 29.3 Å². The number of hydrogen-bond acceptors (Lipinski definition) is 3. The molecular formula is C18H27Na2O6P. The summed E-state index contributed by atoms with van der Waals surface area (Å²) in [5, 5.41) is 9.67. The number of aryl methyl sites for hydroxylation is 1. The van der Waals surface area contributed by atoms with Crippen LogP contribution in [0.25, 0.3) is 0 Å². The van der Waals surface area contributed by atoms with Crippen LogP contribution in [-0.4, -0.2) is 84.7 Å². The van der Waals surface area contributed by atoms with Gasteiger partial charge >= 0.3 is 66.9 Å². The first-order valence-corrected chi connectivity index (χ1v) is 10.3. The Kier molecular flexibility index (Phi) is 9.32. The van der Waals surface area contributed by atoms with Crippen LogP contribution in [0.5, 0.6) is 5.75 Å². The van der Waals surface area contributed by atoms with Crippen LogP contribution in [0.3, 0.4) is 0 Å². The molecule has 0 aliphatic heterocycles. The molecule has 0 unspecified atom stereocenters. The molecule has 3 aliphatic rings. The van der Waals surface area contributed by atoms with Crippen molar-refractivity contribution in [3.63, 3.8) is 0 Å². The molecule has 1 aromatic carbocycles. The molecule has 0 saturated heterocycles. The Morgan fingerprint density at radius 2 is 1.70 bits per heavy atom. The van der Waals surface area contributed by atoms with E-state index in [9.17, 15) is 9.90 Å². The van der Waals surface area contributed by atoms with E-state index >= 15 is 0 Å². The molecule has 142 valence electrons. The van der Waals surface area contributed by atoms with Crippen molar-refractivity contribution in [1.29, 1.82) is 0 Å². The number of hydrogen-bond donors (Lipinski definition) is 4. The fourth-order valence-corrected chi connectivity index (χ4v) is 5.34. The van der Waals surface area contributed by atoms with Gasteiger partial charge in [0.05, 0.1) is 0 Å². The van der Waals surface area contributed by atoms with Crippen LogP contribution in [0.4, 0.5) is 0 Å². The standard InChI is InChI=1S/C18H22O2.2Na.H3O4P.2H/c1-18-9-8-14-13-5-3-12(19)10-11(13)2-4-15(14)16(18)6-7-17(18)20;;;1-5(2,3)4;;/h3,5,10,14-16,19H,2,4,6-9H2,1H3;;;(H3,1,2,3,4);;/t14-,15-,16+,18+;;;;;/m1...../s1. The van der Waals surface area contributed by atoms with Gasteiger partial charge < -0.3 is 19.8 Å². The van der Waals surface area contributed by atoms with E-state index in [4.69, 9.17) is 19.2 Å². The van der Waals surface area contributed by atoms with Gasteiger partial charge in [0.15, 0.2) is 0 Å². The van der Waals surface area contributed by atoms with Gasteiger partial charge in [0, 0.05) is 11.8 Å². The van der Waals surface area contributed by atoms with Gasteiger partial charge in [0.2, 0.25) is 0 Å². The maximum atomic E-state index is 12.3. The number of phenolic OH excluding ortho intramolecular Hbond substituents is 1. The molecule has 6 nitrogen and oxygen atoms in total. The number of aromatic hydroxyl groups is 1. The average Bonchev–Trinajstić information content (AvgIpc) is 2.81. The number of phenols is 1. The Hall–Kier alpha value is 0.800. The number of benzene rings is 1. The number of ketones is 1. The number of carbonyl (C=O) groups excluding carboxylic acids is 1. The van der Waals surface area contributed by atoms with Crippen molar-refractivity contribution in [2.45, 2.75) is 51.4 Å². The summed E-state index contributed by atoms with van der Waals surface area (Å²) < 4.78 is 8.88. The van der Waals surface area contributed by atoms with Crippen molar-refractivity contribution in [1.82, 2.24) is 0 Å². The SMILES string of the molecule is C[C@]12CC[C@@H]3c4ccc(O)cc4CC[C@H]3[C@@H]1CCC2=O.O=P(O)(O)O.[NaH].[NaH]. The predicted molar refractivity (Wildman–Crippen MR) is 106 cm³/mol. The van der Waals surface area contributed by atoms with Crippen molar-refractivity contribution in [2.24, 2.45) is 17.3 Å². The number of rotatable bonds is 0. The van der Waals surface area contributed by atoms with Gasteiger partial charge in [-0.3, -0.25) is 4.79 Å². The van der Waals surface area contributed by atoms with Crippen LogP contribution in [-0.2, 0) is 15.8 Å². The van der Waals surface area contributed by atoms with Gasteiger partial charge in [0.1, 0.15) is 11.5 Å². The zero-order valence-corrected chi connectivity index (χ0v) is 15.2. The number of phosphoric acid groups is 1. The second-order valence-corrected chi connectivity index (χ2v) is 8.76. The van der Waals surface area contributed by atoms with Crippen molar-refractivity contribution in [2.75, 3.05) is 0 Å². The summed E-state index contributed by atoms with van der Waals surface area (Å²) in [7, 11) is -4.64. The van der Waals surface area contributed by atoms with E-state index in [0.717, 1.165) is 32.1 Å². The zero-order chi connectivity index (χ0) is 18.4. The van der Waals surface area contributed by atoms with Crippen molar-refractivity contribution < 1.29 is 29.1 Å². The first kappa shape index (κ1) is 25.8. The molecule has 0 bridgehead atoms. The van der Waals surface area contributed by atoms with Gasteiger partial charge in [-0.25, -0.2) is 4.57 Å². The minimum absolute atomic E-state index is 0. The molecule has 0 heterocycles. The van der Waals surface area contributed by atoms with Gasteiger partial charge in [-0.05, 0) is 73.1 Å². The summed E-state index contributed by atoms with van der Waals surface area (Å²) in [5.41, 5.74) is 2.75. The maximum absolute atomic E-state index is 12.3. The molecule has 1 aromatic rings. The van der Waals surface area contributed by atoms with Crippen LogP contribution >= 0.6 is 7.82 Å². The van der Waals surface area contributed by atoms with E-state index in [2.05, 4.69) is 13.0 Å². The monoisotopic (exact) mass is 416 g/mol. The first-order chi connectivity index (χ1) is 11.6. The third-order valence-corrected chi connectivity index (χ3v) is 6.42. The number of Topliss-reactive ketones (excluding diaryl/α,β-unsaturated/α-hetero) is 1. The average molecular weight is 416 g/mol. The van der Waals surface area contributed by atoms with Crippen LogP contribution in [0.1, 0.15) is 56.1 Å². The second kappa shape index (κ2) is 9.74. The van der Waals surface area contributed by atoms with E-state index in [-0.39, 0.29) is 64.5 Å². The Labute approximate surface area is 204 Å². The number of fused-ring (bicyclic) bond motifs is 5. The summed E-state index contributed by atoms with van der Waals surface area (Å²) in [6.45, 7) is 2.22. The molecule has 0 amide bonds. The molecule has 4 N–H and O–H groups in total. The molecule has 27 heavy (non-hydrogen) atoms. The Morgan fingerprint density at radius 1 is 1.07 bits per heavy atom. The molecule has 4 rings (SSSR count). The molecule has 2 fully saturated rings. The van der Waals surface area contributed by atoms with Crippen LogP contribution < -0.4 is 0 Å². The fraction of sp³-hybridized carbons (Fsp3) is 0.611. The second-order valence-electron chi connectivity index (χ2n) is 7.73. The summed E-state index contributed by atoms with van der Waals surface area (Å²) in [6, 6.07) is 5.90. The molecule has 0 spiro atoms. The van der Waals surface area contributed by atoms with Gasteiger partial charge in [-0.15, -0.1) is 0 Å². The normalized spacial score (nSPS) is 31.1. The summed E-state index contributed by atoms with van der Waals surface area (Å²) in [5.74, 6) is 2.78. The molecule has 0 radical (unpaired) electrons. The van der Waals surface area contributed by atoms with Crippen molar-refractivity contribution in [3.8, 4) is 5.75 Å². The van der Waals surface area contributed by atoms with E-state index in [1.807, 2.05) is 12.1 Å². The predicted octanol–water partition coefficient (Wildman–Crippen LogP) is 1.59. The molecule has 3 aliphatic carbocycles. The van der Waals surface area contributed by atoms with Crippen molar-refractivity contribution in [3.05, 3.63) is 29.3 Å². The first-order valence-electron chi connectivity index (χ1n) is 8.73. The van der Waals surface area contributed by atoms with Crippen LogP contribution in [0.15, 0.2) is 18.2 Å². The zero-order valence-electron chi connectivity index (χ0n) is 14.3. The molecule has 4 atom stereocenters. The third kappa shape index (κ3) is 5.69. The van der Waals surface area contributed by atoms with E-state index in [1.54, 1.807) is 0 Å². The van der Waals surface area contributed by atoms with Crippen LogP contribution in [0.2, 0.25) is 0 Å². The fourth-order valence-electron chi connectivity index (χ4n) is 5.34. The minimum atomic E-state index is -4.64. The van der Waals surface area contributed by atoms with Crippen molar-refractivity contribution >= 4 is 72.7 Å². The quantitative estimate of drug-likeness (QED) is 0.377. The summed E-state index contributed by atoms with van der Waals surface area (Å²) in [4.78, 5) is 33.8. The summed E-state index contributed by atoms with van der Waals surface area (Å²) >= 11 is 0. The summed E-state index contributed by atoms with van der Waals surface area (Å²) in [6.07, 6.45) is 6.34. The van der Waals surface area contributed by atoms with E-state index in [1.165, 1.54) is 17.5 Å². The Morgan fingerprint density at radius 3 is 2.33 bits per heavy atom. The van der Waals surface area contributed by atoms with Gasteiger partial charge in [-0.2, -0.15) is 0 Å². The van der Waals surface area contributed by atoms with Gasteiger partial charge in [-0.1, -0.05) is 13.0 Å². The van der Waals surface area contributed by atoms with Crippen LogP contribution in [0, 0.1) is 17.3 Å². The molecular weight excluding hydrogens is 389 g/mol.